The molecule has 0 radical (unpaired) electrons. The van der Waals surface area contributed by atoms with Gasteiger partial charge >= 0.3 is 5.97 Å². The van der Waals surface area contributed by atoms with Gasteiger partial charge in [-0.15, -0.1) is 0 Å². The highest BCUT2D eigenvalue weighted by Crippen LogP contribution is 2.42. The molecule has 3 N–H and O–H groups in total. The largest absolute Gasteiger partial charge is 0.493 e. The van der Waals surface area contributed by atoms with Crippen molar-refractivity contribution >= 4 is 74.3 Å². The summed E-state index contributed by atoms with van der Waals surface area (Å²) >= 11 is 7.00. The number of halogens is 2. The number of para-hydroxylation sites is 1. The highest BCUT2D eigenvalue weighted by Gasteiger charge is 2.31. The van der Waals surface area contributed by atoms with Gasteiger partial charge in [-0.3, -0.25) is 24.4 Å². The predicted molar refractivity (Wildman–Crippen MR) is 264 cm³/mol. The van der Waals surface area contributed by atoms with Crippen molar-refractivity contribution in [3.63, 3.8) is 0 Å². The van der Waals surface area contributed by atoms with Crippen LogP contribution in [0.15, 0.2) is 66.7 Å². The first kappa shape index (κ1) is 50.0. The van der Waals surface area contributed by atoms with Crippen molar-refractivity contribution in [1.82, 2.24) is 39.8 Å². The summed E-state index contributed by atoms with van der Waals surface area (Å²) in [6.45, 7) is 13.4. The molecule has 0 aliphatic carbocycles. The lowest BCUT2D eigenvalue weighted by molar-refractivity contribution is -0.134. The van der Waals surface area contributed by atoms with Crippen LogP contribution in [0, 0.1) is 26.6 Å². The summed E-state index contributed by atoms with van der Waals surface area (Å²) in [5.41, 5.74) is 6.87. The van der Waals surface area contributed by atoms with Gasteiger partial charge in [0.1, 0.15) is 46.5 Å². The molecule has 17 heteroatoms. The summed E-state index contributed by atoms with van der Waals surface area (Å²) < 4.78 is 31.7. The smallest absolute Gasteiger partial charge is 0.355 e. The molecular weight excluding hydrogens is 903 g/mol. The quantitative estimate of drug-likeness (QED) is 0.0392. The molecule has 1 aliphatic heterocycles. The van der Waals surface area contributed by atoms with Crippen molar-refractivity contribution in [2.24, 2.45) is 7.05 Å². The second-order valence-electron chi connectivity index (χ2n) is 18.1. The van der Waals surface area contributed by atoms with Crippen molar-refractivity contribution < 1.29 is 37.8 Å². The molecule has 7 aromatic rings. The Kier molecular flexibility index (Phi) is 15.3. The molecule has 3 aromatic heterocycles. The summed E-state index contributed by atoms with van der Waals surface area (Å²) in [5, 5.41) is 16.0. The second-order valence-corrected chi connectivity index (χ2v) is 18.5. The monoisotopic (exact) mass is 960 g/mol. The van der Waals surface area contributed by atoms with Crippen LogP contribution in [0.2, 0.25) is 5.02 Å². The molecule has 4 heterocycles. The van der Waals surface area contributed by atoms with Crippen LogP contribution in [0.1, 0.15) is 90.1 Å². The number of imidazole rings is 1. The number of carbonyl (C=O) groups excluding carboxylic acids is 5. The van der Waals surface area contributed by atoms with Gasteiger partial charge in [-0.2, -0.15) is 5.10 Å². The van der Waals surface area contributed by atoms with E-state index in [9.17, 15) is 28.4 Å². The van der Waals surface area contributed by atoms with Gasteiger partial charge in [0, 0.05) is 47.6 Å². The van der Waals surface area contributed by atoms with E-state index >= 15 is 0 Å². The fraction of sp³-hybridized carbons (Fsp3) is 0.365. The number of nitrogens with one attached hydrogen (secondary N) is 3. The molecule has 362 valence electrons. The number of aromatic nitrogens is 5. The molecule has 1 saturated heterocycles. The normalized spacial score (nSPS) is 13.9. The Morgan fingerprint density at radius 2 is 1.74 bits per heavy atom. The van der Waals surface area contributed by atoms with E-state index in [1.54, 1.807) is 35.8 Å². The van der Waals surface area contributed by atoms with Crippen molar-refractivity contribution in [3.8, 4) is 16.9 Å². The number of nitrogens with zero attached hydrogens (tertiary/aromatic N) is 5. The number of imide groups is 1. The number of ether oxygens (including phenoxy) is 2. The number of benzene rings is 4. The molecule has 69 heavy (non-hydrogen) atoms. The topological polar surface area (TPSA) is 180 Å². The average Bonchev–Trinajstić information content (AvgIpc) is 3.88. The molecule has 4 aromatic carbocycles. The minimum absolute atomic E-state index is 0.153. The highest BCUT2D eigenvalue weighted by molar-refractivity contribution is 6.35. The minimum atomic E-state index is -0.747. The van der Waals surface area contributed by atoms with E-state index in [4.69, 9.17) is 21.1 Å². The van der Waals surface area contributed by atoms with E-state index in [1.165, 1.54) is 12.1 Å². The van der Waals surface area contributed by atoms with Gasteiger partial charge < -0.3 is 34.0 Å². The van der Waals surface area contributed by atoms with Crippen LogP contribution in [0.3, 0.4) is 0 Å². The van der Waals surface area contributed by atoms with Crippen LogP contribution < -0.4 is 20.7 Å². The predicted octanol–water partition coefficient (Wildman–Crippen LogP) is 8.26. The number of hydrogen-bond donors (Lipinski definition) is 3. The first-order valence-electron chi connectivity index (χ1n) is 23.0. The molecule has 1 atom stereocenters. The zero-order valence-electron chi connectivity index (χ0n) is 40.2. The number of amides is 3. The van der Waals surface area contributed by atoms with Gasteiger partial charge in [-0.05, 0) is 134 Å². The molecule has 0 bridgehead atoms. The molecule has 3 amide bonds. The third-order valence-electron chi connectivity index (χ3n) is 12.1. The van der Waals surface area contributed by atoms with Crippen LogP contribution in [0.5, 0.6) is 5.75 Å². The van der Waals surface area contributed by atoms with E-state index in [-0.39, 0.29) is 37.1 Å². The van der Waals surface area contributed by atoms with Crippen LogP contribution in [0.25, 0.3) is 43.8 Å². The van der Waals surface area contributed by atoms with Crippen LogP contribution in [-0.4, -0.2) is 85.7 Å². The van der Waals surface area contributed by atoms with Gasteiger partial charge in [0.05, 0.1) is 40.5 Å². The standard InChI is InChI=1S/C36H42ClFN4O3.C16H16N4O4/c1-22-31(23(2)41(7)40-22)32-29(37)17-16-28-27(12-9-20-44-30-13-8-11-24-21-25(38)14-15-26(24)30)34(35(43)45-36(3,4)5)42(33(28)32)19-10-18-39-6;1-9-17-14-10(3-2-4-12(14)20(9)7-8-21)15(23)18-11-5-6-13(22)19-16(11)24/h8,11,13-17,21,39H,9-10,12,18-20H2,1-7H3;2-4,8,11H,5-7H2,1H3,(H,18,23)(H,19,22,24). The maximum atomic E-state index is 14.0. The van der Waals surface area contributed by atoms with Crippen LogP contribution in [0.4, 0.5) is 4.39 Å². The third kappa shape index (κ3) is 10.9. The number of rotatable bonds is 15. The van der Waals surface area contributed by atoms with E-state index in [0.29, 0.717) is 64.9 Å². The highest BCUT2D eigenvalue weighted by atomic mass is 35.5. The number of piperidine rings is 1. The summed E-state index contributed by atoms with van der Waals surface area (Å²) in [5.74, 6) is -0.603. The first-order chi connectivity index (χ1) is 32.9. The van der Waals surface area contributed by atoms with E-state index in [0.717, 1.165) is 69.0 Å². The molecule has 8 rings (SSSR count). The molecule has 0 spiro atoms. The first-order valence-corrected chi connectivity index (χ1v) is 23.4. The summed E-state index contributed by atoms with van der Waals surface area (Å²) in [6.07, 6.45) is 3.25. The maximum Gasteiger partial charge on any atom is 0.355 e. The Hall–Kier alpha value is -6.91. The van der Waals surface area contributed by atoms with Crippen LogP contribution >= 0.6 is 11.6 Å². The summed E-state index contributed by atoms with van der Waals surface area (Å²) in [7, 11) is 3.85. The second kappa shape index (κ2) is 21.2. The fourth-order valence-electron chi connectivity index (χ4n) is 8.92. The molecule has 1 unspecified atom stereocenters. The number of hydrogen-bond acceptors (Lipinski definition) is 10. The number of fused-ring (bicyclic) bond motifs is 3. The summed E-state index contributed by atoms with van der Waals surface area (Å²) in [4.78, 5) is 64.7. The van der Waals surface area contributed by atoms with Gasteiger partial charge in [-0.1, -0.05) is 35.9 Å². The number of carbonyl (C=O) groups is 5. The van der Waals surface area contributed by atoms with Crippen molar-refractivity contribution in [2.75, 3.05) is 20.2 Å². The van der Waals surface area contributed by atoms with Crippen molar-refractivity contribution in [1.29, 1.82) is 0 Å². The van der Waals surface area contributed by atoms with E-state index in [2.05, 4.69) is 30.6 Å². The average molecular weight is 962 g/mol. The lowest BCUT2D eigenvalue weighted by Gasteiger charge is -2.21. The Bertz CT molecular complexity index is 3110. The van der Waals surface area contributed by atoms with Gasteiger partial charge in [-0.25, -0.2) is 14.2 Å². The maximum absolute atomic E-state index is 14.0. The van der Waals surface area contributed by atoms with E-state index in [1.807, 2.05) is 83.7 Å². The Balaban J connectivity index is 0.000000246. The number of aryl methyl sites for hydroxylation is 5. The van der Waals surface area contributed by atoms with E-state index < -0.39 is 23.5 Å². The molecule has 1 aliphatic rings. The molecule has 15 nitrogen and oxygen atoms in total. The lowest BCUT2D eigenvalue weighted by Crippen LogP contribution is -2.52. The Morgan fingerprint density at radius 1 is 0.986 bits per heavy atom. The molecule has 0 saturated carbocycles. The number of aldehydes is 1. The Morgan fingerprint density at radius 3 is 2.43 bits per heavy atom. The van der Waals surface area contributed by atoms with Crippen molar-refractivity contribution in [3.05, 3.63) is 112 Å². The van der Waals surface area contributed by atoms with Crippen molar-refractivity contribution in [2.45, 2.75) is 98.4 Å². The zero-order chi connectivity index (χ0) is 49.7. The van der Waals surface area contributed by atoms with Gasteiger partial charge in [0.15, 0.2) is 0 Å². The minimum Gasteiger partial charge on any atom is -0.493 e. The molecule has 1 fully saturated rings. The van der Waals surface area contributed by atoms with Gasteiger partial charge in [0.2, 0.25) is 11.8 Å². The Labute approximate surface area is 404 Å². The van der Waals surface area contributed by atoms with Crippen LogP contribution in [-0.2, 0) is 45.7 Å². The number of esters is 1. The van der Waals surface area contributed by atoms with Gasteiger partial charge in [0.25, 0.3) is 5.91 Å². The SMILES string of the molecule is CNCCCn1c(C(=O)OC(C)(C)C)c(CCCOc2cccc3cc(F)ccc23)c2ccc(Cl)c(-c3c(C)nn(C)c3C)c21.Cc1nc2c(C(=O)NC3CCC(=O)NC3=O)cccc2n1CC=O. The molecular formula is C52H58ClFN8O7. The summed E-state index contributed by atoms with van der Waals surface area (Å²) in [6, 6.07) is 18.6. The lowest BCUT2D eigenvalue weighted by atomic mass is 9.98. The third-order valence-corrected chi connectivity index (χ3v) is 12.4. The fourth-order valence-corrected chi connectivity index (χ4v) is 9.16. The zero-order valence-corrected chi connectivity index (χ0v) is 41.0.